The lowest BCUT2D eigenvalue weighted by atomic mass is 10.1. The van der Waals surface area contributed by atoms with Gasteiger partial charge in [-0.1, -0.05) is 18.2 Å². The molecule has 55 valence electrons. The maximum absolute atomic E-state index is 9.30. The second-order valence-electron chi connectivity index (χ2n) is 2.50. The lowest BCUT2D eigenvalue weighted by molar-refractivity contribution is 0.231. The maximum atomic E-state index is 9.30. The van der Waals surface area contributed by atoms with Gasteiger partial charge in [-0.15, -0.1) is 0 Å². The Bertz CT molecular complexity index is 315. The molecule has 0 saturated carbocycles. The summed E-state index contributed by atoms with van der Waals surface area (Å²) in [6.07, 6.45) is 0.740. The van der Waals surface area contributed by atoms with Crippen LogP contribution in [0.4, 0.5) is 0 Å². The molecule has 2 N–H and O–H groups in total. The number of rotatable bonds is 0. The van der Waals surface area contributed by atoms with Gasteiger partial charge in [0.05, 0.1) is 0 Å². The third-order valence-electron chi connectivity index (χ3n) is 1.78. The van der Waals surface area contributed by atoms with Crippen molar-refractivity contribution in [2.24, 2.45) is 0 Å². The summed E-state index contributed by atoms with van der Waals surface area (Å²) < 4.78 is 0. The first-order chi connectivity index (χ1) is 5.29. The van der Waals surface area contributed by atoms with E-state index in [0.29, 0.717) is 5.56 Å². The zero-order valence-corrected chi connectivity index (χ0v) is 5.78. The Balaban J connectivity index is 2.62. The van der Waals surface area contributed by atoms with Gasteiger partial charge < -0.3 is 10.2 Å². The molecule has 1 radical (unpaired) electrons. The van der Waals surface area contributed by atoms with Crippen LogP contribution in [-0.4, -0.2) is 10.2 Å². The van der Waals surface area contributed by atoms with E-state index in [1.807, 2.05) is 0 Å². The third-order valence-corrected chi connectivity index (χ3v) is 1.78. The zero-order valence-electron chi connectivity index (χ0n) is 5.78. The van der Waals surface area contributed by atoms with Crippen molar-refractivity contribution in [2.75, 3.05) is 0 Å². The van der Waals surface area contributed by atoms with E-state index in [1.54, 1.807) is 18.2 Å². The first-order valence-electron chi connectivity index (χ1n) is 3.39. The number of hydrogen-bond acceptors (Lipinski definition) is 2. The van der Waals surface area contributed by atoms with Gasteiger partial charge in [-0.3, -0.25) is 0 Å². The Morgan fingerprint density at radius 1 is 1.45 bits per heavy atom. The van der Waals surface area contributed by atoms with Gasteiger partial charge in [-0.05, 0) is 17.7 Å². The Morgan fingerprint density at radius 2 is 2.27 bits per heavy atom. The van der Waals surface area contributed by atoms with Gasteiger partial charge in [-0.25, -0.2) is 0 Å². The molecular formula is C9H7O2. The van der Waals surface area contributed by atoms with Gasteiger partial charge >= 0.3 is 0 Å². The van der Waals surface area contributed by atoms with Crippen molar-refractivity contribution in [1.82, 2.24) is 0 Å². The molecule has 2 heteroatoms. The molecule has 0 amide bonds. The zero-order chi connectivity index (χ0) is 7.84. The van der Waals surface area contributed by atoms with Crippen molar-refractivity contribution in [3.8, 4) is 0 Å². The minimum absolute atomic E-state index is 0.119. The van der Waals surface area contributed by atoms with E-state index in [-0.39, 0.29) is 5.76 Å². The first-order valence-corrected chi connectivity index (χ1v) is 3.39. The van der Waals surface area contributed by atoms with E-state index in [0.717, 1.165) is 5.56 Å². The van der Waals surface area contributed by atoms with Crippen LogP contribution in [0.3, 0.4) is 0 Å². The average Bonchev–Trinajstić information content (AvgIpc) is 2.30. The summed E-state index contributed by atoms with van der Waals surface area (Å²) in [5, 5.41) is 18.5. The van der Waals surface area contributed by atoms with Gasteiger partial charge in [0.1, 0.15) is 11.9 Å². The number of fused-ring (bicyclic) bond motifs is 1. The molecule has 0 aliphatic heterocycles. The minimum atomic E-state index is -0.664. The van der Waals surface area contributed by atoms with E-state index in [2.05, 4.69) is 6.07 Å². The second kappa shape index (κ2) is 2.10. The summed E-state index contributed by atoms with van der Waals surface area (Å²) in [7, 11) is 0. The van der Waals surface area contributed by atoms with Gasteiger partial charge in [0.2, 0.25) is 0 Å². The van der Waals surface area contributed by atoms with E-state index >= 15 is 0 Å². The number of hydrogen-bond donors (Lipinski definition) is 2. The van der Waals surface area contributed by atoms with Gasteiger partial charge in [0, 0.05) is 5.56 Å². The van der Waals surface area contributed by atoms with Gasteiger partial charge in [0.25, 0.3) is 0 Å². The molecule has 0 spiro atoms. The Hall–Kier alpha value is -1.28. The first kappa shape index (κ1) is 6.43. The maximum Gasteiger partial charge on any atom is 0.122 e. The van der Waals surface area contributed by atoms with Crippen molar-refractivity contribution < 1.29 is 10.2 Å². The highest BCUT2D eigenvalue weighted by atomic mass is 16.3. The van der Waals surface area contributed by atoms with Gasteiger partial charge in [-0.2, -0.15) is 0 Å². The molecule has 0 aromatic heterocycles. The van der Waals surface area contributed by atoms with E-state index in [9.17, 15) is 10.2 Å². The highest BCUT2D eigenvalue weighted by Crippen LogP contribution is 2.31. The van der Waals surface area contributed by atoms with Gasteiger partial charge in [0.15, 0.2) is 0 Å². The molecule has 0 bridgehead atoms. The molecule has 2 rings (SSSR count). The molecule has 2 nitrogen and oxygen atoms in total. The van der Waals surface area contributed by atoms with E-state index < -0.39 is 6.10 Å². The molecule has 1 aromatic carbocycles. The molecule has 11 heavy (non-hydrogen) atoms. The highest BCUT2D eigenvalue weighted by molar-refractivity contribution is 5.67. The fourth-order valence-corrected chi connectivity index (χ4v) is 1.24. The number of aliphatic hydroxyl groups is 2. The second-order valence-corrected chi connectivity index (χ2v) is 2.50. The largest absolute Gasteiger partial charge is 0.508 e. The summed E-state index contributed by atoms with van der Waals surface area (Å²) in [5.74, 6) is 0.119. The Kier molecular flexibility index (Phi) is 1.23. The number of benzene rings is 1. The van der Waals surface area contributed by atoms with Crippen molar-refractivity contribution >= 4 is 5.76 Å². The SMILES string of the molecule is OC1=CC(O)c2ccc[c]c21. The van der Waals surface area contributed by atoms with Crippen LogP contribution < -0.4 is 0 Å². The van der Waals surface area contributed by atoms with Crippen molar-refractivity contribution in [2.45, 2.75) is 6.10 Å². The molecular weight excluding hydrogens is 140 g/mol. The normalized spacial score (nSPS) is 21.2. The van der Waals surface area contributed by atoms with E-state index in [1.165, 1.54) is 6.08 Å². The summed E-state index contributed by atoms with van der Waals surface area (Å²) in [6.45, 7) is 0. The molecule has 1 aromatic rings. The summed E-state index contributed by atoms with van der Waals surface area (Å²) in [6, 6.07) is 8.12. The minimum Gasteiger partial charge on any atom is -0.508 e. The summed E-state index contributed by atoms with van der Waals surface area (Å²) in [4.78, 5) is 0. The van der Waals surface area contributed by atoms with Crippen LogP contribution in [0.25, 0.3) is 5.76 Å². The molecule has 0 fully saturated rings. The highest BCUT2D eigenvalue weighted by Gasteiger charge is 2.19. The molecule has 1 aliphatic rings. The summed E-state index contributed by atoms with van der Waals surface area (Å²) in [5.41, 5.74) is 1.34. The molecule has 0 heterocycles. The van der Waals surface area contributed by atoms with Crippen molar-refractivity contribution in [3.63, 3.8) is 0 Å². The van der Waals surface area contributed by atoms with Crippen LogP contribution in [0.2, 0.25) is 0 Å². The molecule has 1 aliphatic carbocycles. The van der Waals surface area contributed by atoms with Crippen molar-refractivity contribution in [1.29, 1.82) is 0 Å². The van der Waals surface area contributed by atoms with Crippen LogP contribution in [0.5, 0.6) is 0 Å². The molecule has 1 atom stereocenters. The Morgan fingerprint density at radius 3 is 3.00 bits per heavy atom. The van der Waals surface area contributed by atoms with Crippen LogP contribution >= 0.6 is 0 Å². The number of aliphatic hydroxyl groups excluding tert-OH is 2. The standard InChI is InChI=1S/C9H7O2/c10-8-5-9(11)7-4-2-1-3-6(7)8/h1-3,5,8,10-11H. The topological polar surface area (TPSA) is 40.5 Å². The smallest absolute Gasteiger partial charge is 0.122 e. The average molecular weight is 147 g/mol. The summed E-state index contributed by atoms with van der Waals surface area (Å²) >= 11 is 0. The van der Waals surface area contributed by atoms with Crippen LogP contribution in [0.15, 0.2) is 24.3 Å². The van der Waals surface area contributed by atoms with Crippen LogP contribution in [0, 0.1) is 6.07 Å². The fraction of sp³-hybridized carbons (Fsp3) is 0.111. The van der Waals surface area contributed by atoms with Crippen molar-refractivity contribution in [3.05, 3.63) is 41.5 Å². The van der Waals surface area contributed by atoms with E-state index in [4.69, 9.17) is 0 Å². The monoisotopic (exact) mass is 147 g/mol. The predicted molar refractivity (Wildman–Crippen MR) is 40.8 cm³/mol. The Labute approximate surface area is 64.4 Å². The molecule has 1 unspecified atom stereocenters. The molecule has 0 saturated heterocycles. The van der Waals surface area contributed by atoms with Crippen LogP contribution in [-0.2, 0) is 0 Å². The lowest BCUT2D eigenvalue weighted by Crippen LogP contribution is -1.89. The quantitative estimate of drug-likeness (QED) is 0.582. The van der Waals surface area contributed by atoms with Crippen LogP contribution in [0.1, 0.15) is 17.2 Å². The predicted octanol–water partition coefficient (Wildman–Crippen LogP) is 1.43. The fourth-order valence-electron chi connectivity index (χ4n) is 1.24. The lowest BCUT2D eigenvalue weighted by Gasteiger charge is -2.00. The third kappa shape index (κ3) is 0.835.